The molecule has 0 saturated carbocycles. The van der Waals surface area contributed by atoms with Gasteiger partial charge >= 0.3 is 0 Å². The van der Waals surface area contributed by atoms with Gasteiger partial charge in [0.1, 0.15) is 5.82 Å². The summed E-state index contributed by atoms with van der Waals surface area (Å²) in [5, 5.41) is 0. The van der Waals surface area contributed by atoms with E-state index in [9.17, 15) is 0 Å². The predicted molar refractivity (Wildman–Crippen MR) is 92.0 cm³/mol. The number of fused-ring (bicyclic) bond motifs is 1. The molecular formula is C18H28N4. The third-order valence-corrected chi connectivity index (χ3v) is 5.15. The highest BCUT2D eigenvalue weighted by Crippen LogP contribution is 2.32. The van der Waals surface area contributed by atoms with Crippen molar-refractivity contribution >= 4 is 11.0 Å². The van der Waals surface area contributed by atoms with E-state index in [1.54, 1.807) is 0 Å². The minimum Gasteiger partial charge on any atom is -0.331 e. The van der Waals surface area contributed by atoms with E-state index in [-0.39, 0.29) is 0 Å². The summed E-state index contributed by atoms with van der Waals surface area (Å²) in [4.78, 5) is 7.47. The molecule has 4 heteroatoms. The average Bonchev–Trinajstić information content (AvgIpc) is 2.88. The lowest BCUT2D eigenvalue weighted by Gasteiger charge is -2.35. The highest BCUT2D eigenvalue weighted by Gasteiger charge is 2.29. The van der Waals surface area contributed by atoms with Gasteiger partial charge in [-0.1, -0.05) is 19.1 Å². The largest absolute Gasteiger partial charge is 0.331 e. The molecule has 1 aliphatic heterocycles. The van der Waals surface area contributed by atoms with Crippen LogP contribution in [-0.4, -0.2) is 40.6 Å². The second kappa shape index (κ2) is 6.80. The number of benzene rings is 1. The number of rotatable bonds is 5. The molecule has 0 aliphatic carbocycles. The van der Waals surface area contributed by atoms with Crippen LogP contribution < -0.4 is 5.73 Å². The highest BCUT2D eigenvalue weighted by atomic mass is 15.1. The van der Waals surface area contributed by atoms with Gasteiger partial charge in [-0.15, -0.1) is 0 Å². The van der Waals surface area contributed by atoms with Crippen LogP contribution in [0.25, 0.3) is 11.0 Å². The Bertz CT molecular complexity index is 611. The van der Waals surface area contributed by atoms with Gasteiger partial charge in [0, 0.05) is 19.5 Å². The Balaban J connectivity index is 1.80. The maximum atomic E-state index is 6.15. The van der Waals surface area contributed by atoms with Crippen LogP contribution in [-0.2, 0) is 7.05 Å². The summed E-state index contributed by atoms with van der Waals surface area (Å²) in [6.07, 6.45) is 3.73. The SMILES string of the molecule is CCCN1CCC(C(CN)c2nc3ccccc3n2C)CC1. The molecule has 0 bridgehead atoms. The molecule has 2 aromatic rings. The molecule has 3 rings (SSSR count). The zero-order chi connectivity index (χ0) is 15.5. The molecule has 1 unspecified atom stereocenters. The number of imidazole rings is 1. The molecule has 1 fully saturated rings. The van der Waals surface area contributed by atoms with Crippen LogP contribution in [0.1, 0.15) is 37.9 Å². The lowest BCUT2D eigenvalue weighted by Crippen LogP contribution is -2.38. The molecule has 0 spiro atoms. The van der Waals surface area contributed by atoms with Gasteiger partial charge in [0.2, 0.25) is 0 Å². The third-order valence-electron chi connectivity index (χ3n) is 5.15. The monoisotopic (exact) mass is 300 g/mol. The van der Waals surface area contributed by atoms with Crippen molar-refractivity contribution in [2.75, 3.05) is 26.2 Å². The molecule has 2 N–H and O–H groups in total. The fourth-order valence-electron chi connectivity index (χ4n) is 3.90. The molecule has 120 valence electrons. The fraction of sp³-hybridized carbons (Fsp3) is 0.611. The van der Waals surface area contributed by atoms with Crippen molar-refractivity contribution in [3.05, 3.63) is 30.1 Å². The van der Waals surface area contributed by atoms with Gasteiger partial charge in [0.15, 0.2) is 0 Å². The van der Waals surface area contributed by atoms with Gasteiger partial charge < -0.3 is 15.2 Å². The van der Waals surface area contributed by atoms with Crippen molar-refractivity contribution in [1.29, 1.82) is 0 Å². The maximum Gasteiger partial charge on any atom is 0.114 e. The number of para-hydroxylation sites is 2. The Morgan fingerprint density at radius 1 is 1.27 bits per heavy atom. The average molecular weight is 300 g/mol. The van der Waals surface area contributed by atoms with E-state index in [2.05, 4.69) is 47.7 Å². The minimum absolute atomic E-state index is 0.376. The third kappa shape index (κ3) is 2.90. The van der Waals surface area contributed by atoms with E-state index in [1.165, 1.54) is 44.4 Å². The number of nitrogens with zero attached hydrogens (tertiary/aromatic N) is 3. The van der Waals surface area contributed by atoms with E-state index in [4.69, 9.17) is 10.7 Å². The molecule has 1 aromatic carbocycles. The number of likely N-dealkylation sites (tertiary alicyclic amines) is 1. The van der Waals surface area contributed by atoms with Crippen LogP contribution in [0.15, 0.2) is 24.3 Å². The van der Waals surface area contributed by atoms with Crippen molar-refractivity contribution in [2.45, 2.75) is 32.1 Å². The summed E-state index contributed by atoms with van der Waals surface area (Å²) in [5.74, 6) is 2.20. The maximum absolute atomic E-state index is 6.15. The lowest BCUT2D eigenvalue weighted by molar-refractivity contribution is 0.167. The normalized spacial score (nSPS) is 18.9. The standard InChI is InChI=1S/C18H28N4/c1-3-10-22-11-8-14(9-12-22)15(13-19)18-20-16-6-4-5-7-17(16)21(18)2/h4-7,14-15H,3,8-13,19H2,1-2H3. The van der Waals surface area contributed by atoms with Crippen LogP contribution in [0.5, 0.6) is 0 Å². The first-order valence-electron chi connectivity index (χ1n) is 8.58. The second-order valence-electron chi connectivity index (χ2n) is 6.54. The first-order valence-corrected chi connectivity index (χ1v) is 8.58. The van der Waals surface area contributed by atoms with Crippen LogP contribution in [0, 0.1) is 5.92 Å². The van der Waals surface area contributed by atoms with E-state index < -0.39 is 0 Å². The molecule has 0 amide bonds. The molecule has 1 atom stereocenters. The molecular weight excluding hydrogens is 272 g/mol. The number of hydrogen-bond donors (Lipinski definition) is 1. The van der Waals surface area contributed by atoms with Crippen molar-refractivity contribution in [3.8, 4) is 0 Å². The molecule has 22 heavy (non-hydrogen) atoms. The molecule has 1 aliphatic rings. The van der Waals surface area contributed by atoms with Gasteiger partial charge in [-0.2, -0.15) is 0 Å². The molecule has 1 aromatic heterocycles. The van der Waals surface area contributed by atoms with E-state index in [1.807, 2.05) is 0 Å². The summed E-state index contributed by atoms with van der Waals surface area (Å²) in [6, 6.07) is 8.37. The summed E-state index contributed by atoms with van der Waals surface area (Å²) in [7, 11) is 2.12. The highest BCUT2D eigenvalue weighted by molar-refractivity contribution is 5.75. The van der Waals surface area contributed by atoms with Crippen LogP contribution in [0.4, 0.5) is 0 Å². The first-order chi connectivity index (χ1) is 10.7. The van der Waals surface area contributed by atoms with Crippen molar-refractivity contribution in [1.82, 2.24) is 14.5 Å². The molecule has 1 saturated heterocycles. The molecule has 2 heterocycles. The van der Waals surface area contributed by atoms with Crippen molar-refractivity contribution in [2.24, 2.45) is 18.7 Å². The van der Waals surface area contributed by atoms with Crippen molar-refractivity contribution < 1.29 is 0 Å². The van der Waals surface area contributed by atoms with Gasteiger partial charge in [-0.3, -0.25) is 0 Å². The lowest BCUT2D eigenvalue weighted by atomic mass is 9.83. The number of nitrogens with two attached hydrogens (primary N) is 1. The fourth-order valence-corrected chi connectivity index (χ4v) is 3.90. The number of aryl methyl sites for hydroxylation is 1. The zero-order valence-corrected chi connectivity index (χ0v) is 13.8. The van der Waals surface area contributed by atoms with E-state index in [0.717, 1.165) is 11.3 Å². The first kappa shape index (κ1) is 15.5. The van der Waals surface area contributed by atoms with Gasteiger partial charge in [0.05, 0.1) is 11.0 Å². The molecule has 4 nitrogen and oxygen atoms in total. The zero-order valence-electron chi connectivity index (χ0n) is 13.8. The van der Waals surface area contributed by atoms with Gasteiger partial charge in [0.25, 0.3) is 0 Å². The summed E-state index contributed by atoms with van der Waals surface area (Å²) < 4.78 is 2.24. The van der Waals surface area contributed by atoms with Crippen molar-refractivity contribution in [3.63, 3.8) is 0 Å². The van der Waals surface area contributed by atoms with E-state index in [0.29, 0.717) is 18.4 Å². The Hall–Kier alpha value is -1.39. The van der Waals surface area contributed by atoms with Gasteiger partial charge in [-0.25, -0.2) is 4.98 Å². The predicted octanol–water partition coefficient (Wildman–Crippen LogP) is 2.74. The van der Waals surface area contributed by atoms with Crippen LogP contribution in [0.3, 0.4) is 0 Å². The number of piperidine rings is 1. The summed E-state index contributed by atoms with van der Waals surface area (Å²) in [5.41, 5.74) is 8.45. The number of hydrogen-bond acceptors (Lipinski definition) is 3. The van der Waals surface area contributed by atoms with Gasteiger partial charge in [-0.05, 0) is 56.9 Å². The smallest absolute Gasteiger partial charge is 0.114 e. The molecule has 0 radical (unpaired) electrons. The quantitative estimate of drug-likeness (QED) is 0.923. The van der Waals surface area contributed by atoms with E-state index >= 15 is 0 Å². The van der Waals surface area contributed by atoms with Crippen LogP contribution in [0.2, 0.25) is 0 Å². The second-order valence-corrected chi connectivity index (χ2v) is 6.54. The Morgan fingerprint density at radius 3 is 2.64 bits per heavy atom. The summed E-state index contributed by atoms with van der Waals surface area (Å²) in [6.45, 7) is 6.59. The summed E-state index contributed by atoms with van der Waals surface area (Å²) >= 11 is 0. The topological polar surface area (TPSA) is 47.1 Å². The Kier molecular flexibility index (Phi) is 4.79. The van der Waals surface area contributed by atoms with Crippen LogP contribution >= 0.6 is 0 Å². The number of aromatic nitrogens is 2. The Labute approximate surface area is 133 Å². The minimum atomic E-state index is 0.376. The Morgan fingerprint density at radius 2 is 2.00 bits per heavy atom.